The van der Waals surface area contributed by atoms with Crippen LogP contribution in [0.2, 0.25) is 0 Å². The number of para-hydroxylation sites is 1. The van der Waals surface area contributed by atoms with Gasteiger partial charge in [-0.1, -0.05) is 66.9 Å². The first-order valence-corrected chi connectivity index (χ1v) is 12.5. The van der Waals surface area contributed by atoms with Gasteiger partial charge >= 0.3 is 0 Å². The van der Waals surface area contributed by atoms with Crippen LogP contribution in [-0.2, 0) is 9.59 Å². The van der Waals surface area contributed by atoms with Crippen molar-refractivity contribution in [2.45, 2.75) is 44.7 Å². The molecule has 4 rings (SSSR count). The number of amides is 3. The molecule has 1 aromatic heterocycles. The summed E-state index contributed by atoms with van der Waals surface area (Å²) >= 11 is 1.31. The molecule has 0 spiro atoms. The lowest BCUT2D eigenvalue weighted by Crippen LogP contribution is -2.49. The second-order valence-corrected chi connectivity index (χ2v) is 9.51. The Bertz CT molecular complexity index is 1110. The first-order chi connectivity index (χ1) is 16.5. The second kappa shape index (κ2) is 11.1. The van der Waals surface area contributed by atoms with Gasteiger partial charge in [-0.25, -0.2) is 0 Å². The minimum atomic E-state index is -0.852. The number of thiophene rings is 1. The molecule has 1 unspecified atom stereocenters. The van der Waals surface area contributed by atoms with Crippen molar-refractivity contribution in [3.63, 3.8) is 0 Å². The number of nitrogens with zero attached hydrogens (tertiary/aromatic N) is 1. The van der Waals surface area contributed by atoms with E-state index in [4.69, 9.17) is 0 Å². The van der Waals surface area contributed by atoms with Crippen LogP contribution in [0.1, 0.15) is 52.5 Å². The molecule has 7 heteroatoms. The summed E-state index contributed by atoms with van der Waals surface area (Å²) in [5.41, 5.74) is 2.40. The van der Waals surface area contributed by atoms with Crippen LogP contribution in [0.15, 0.2) is 72.1 Å². The monoisotopic (exact) mass is 475 g/mol. The van der Waals surface area contributed by atoms with Gasteiger partial charge < -0.3 is 10.6 Å². The fourth-order valence-corrected chi connectivity index (χ4v) is 4.92. The summed E-state index contributed by atoms with van der Waals surface area (Å²) in [6.45, 7) is 1.77. The number of hydrogen-bond donors (Lipinski definition) is 2. The van der Waals surface area contributed by atoms with E-state index in [1.165, 1.54) is 16.2 Å². The van der Waals surface area contributed by atoms with Crippen LogP contribution >= 0.6 is 11.3 Å². The molecule has 2 N–H and O–H groups in total. The fourth-order valence-electron chi connectivity index (χ4n) is 4.28. The summed E-state index contributed by atoms with van der Waals surface area (Å²) in [7, 11) is 0. The Kier molecular flexibility index (Phi) is 7.75. The first kappa shape index (κ1) is 23.7. The number of aryl methyl sites for hydroxylation is 1. The van der Waals surface area contributed by atoms with Crippen molar-refractivity contribution >= 4 is 34.7 Å². The highest BCUT2D eigenvalue weighted by atomic mass is 32.1. The van der Waals surface area contributed by atoms with Crippen LogP contribution in [-0.4, -0.2) is 30.3 Å². The maximum Gasteiger partial charge on any atom is 0.261 e. The van der Waals surface area contributed by atoms with Gasteiger partial charge in [0.05, 0.1) is 11.4 Å². The van der Waals surface area contributed by atoms with E-state index in [-0.39, 0.29) is 30.3 Å². The van der Waals surface area contributed by atoms with Crippen LogP contribution in [0.25, 0.3) is 0 Å². The number of rotatable bonds is 8. The Balaban J connectivity index is 1.65. The van der Waals surface area contributed by atoms with Crippen LogP contribution in [0.3, 0.4) is 0 Å². The van der Waals surface area contributed by atoms with Crippen molar-refractivity contribution in [2.24, 2.45) is 0 Å². The van der Waals surface area contributed by atoms with Crippen molar-refractivity contribution < 1.29 is 14.4 Å². The molecular weight excluding hydrogens is 446 g/mol. The highest BCUT2D eigenvalue weighted by Gasteiger charge is 2.34. The third-order valence-electron chi connectivity index (χ3n) is 6.05. The van der Waals surface area contributed by atoms with Crippen molar-refractivity contribution in [1.82, 2.24) is 10.6 Å². The van der Waals surface area contributed by atoms with Gasteiger partial charge in [-0.3, -0.25) is 19.3 Å². The highest BCUT2D eigenvalue weighted by molar-refractivity contribution is 7.12. The average Bonchev–Trinajstić information content (AvgIpc) is 3.57. The van der Waals surface area contributed by atoms with Crippen LogP contribution in [0.4, 0.5) is 5.69 Å². The number of carbonyl (C=O) groups excluding carboxylic acids is 3. The highest BCUT2D eigenvalue weighted by Crippen LogP contribution is 2.29. The predicted molar refractivity (Wildman–Crippen MR) is 135 cm³/mol. The second-order valence-electron chi connectivity index (χ2n) is 8.56. The summed E-state index contributed by atoms with van der Waals surface area (Å²) in [4.78, 5) is 41.7. The van der Waals surface area contributed by atoms with Crippen molar-refractivity contribution in [3.05, 3.63) is 88.1 Å². The molecule has 1 fully saturated rings. The molecule has 1 heterocycles. The Labute approximate surface area is 204 Å². The Morgan fingerprint density at radius 3 is 2.32 bits per heavy atom. The Morgan fingerprint density at radius 1 is 0.971 bits per heavy atom. The molecular formula is C27H29N3O3S. The molecule has 1 atom stereocenters. The van der Waals surface area contributed by atoms with E-state index in [1.807, 2.05) is 66.9 Å². The van der Waals surface area contributed by atoms with Gasteiger partial charge in [-0.2, -0.15) is 0 Å². The van der Waals surface area contributed by atoms with Gasteiger partial charge in [0.2, 0.25) is 11.8 Å². The molecule has 34 heavy (non-hydrogen) atoms. The van der Waals surface area contributed by atoms with Gasteiger partial charge in [0, 0.05) is 11.7 Å². The Morgan fingerprint density at radius 2 is 1.68 bits per heavy atom. The number of carbonyl (C=O) groups is 3. The van der Waals surface area contributed by atoms with Crippen LogP contribution in [0.5, 0.6) is 0 Å². The zero-order valence-electron chi connectivity index (χ0n) is 19.2. The molecule has 1 saturated carbocycles. The lowest BCUT2D eigenvalue weighted by Gasteiger charge is -2.32. The van der Waals surface area contributed by atoms with Gasteiger partial charge in [0.15, 0.2) is 0 Å². The topological polar surface area (TPSA) is 78.5 Å². The average molecular weight is 476 g/mol. The summed E-state index contributed by atoms with van der Waals surface area (Å²) in [6.07, 6.45) is 4.08. The smallest absolute Gasteiger partial charge is 0.261 e. The van der Waals surface area contributed by atoms with E-state index in [2.05, 4.69) is 10.6 Å². The zero-order valence-corrected chi connectivity index (χ0v) is 20.0. The lowest BCUT2D eigenvalue weighted by atomic mass is 10.0. The van der Waals surface area contributed by atoms with Crippen LogP contribution in [0, 0.1) is 6.92 Å². The fraction of sp³-hybridized carbons (Fsp3) is 0.296. The van der Waals surface area contributed by atoms with Crippen molar-refractivity contribution in [1.29, 1.82) is 0 Å². The van der Waals surface area contributed by atoms with Crippen LogP contribution < -0.4 is 15.5 Å². The molecule has 1 aliphatic carbocycles. The summed E-state index contributed by atoms with van der Waals surface area (Å²) in [5.74, 6) is -0.876. The van der Waals surface area contributed by atoms with E-state index in [0.29, 0.717) is 10.6 Å². The van der Waals surface area contributed by atoms with Gasteiger partial charge in [0.1, 0.15) is 6.04 Å². The number of nitrogens with one attached hydrogen (secondary N) is 2. The summed E-state index contributed by atoms with van der Waals surface area (Å²) in [6, 6.07) is 19.6. The van der Waals surface area contributed by atoms with Gasteiger partial charge in [-0.05, 0) is 48.9 Å². The van der Waals surface area contributed by atoms with Crippen molar-refractivity contribution in [2.75, 3.05) is 11.4 Å². The van der Waals surface area contributed by atoms with Gasteiger partial charge in [0.25, 0.3) is 5.91 Å². The third-order valence-corrected chi connectivity index (χ3v) is 6.92. The maximum absolute atomic E-state index is 13.6. The van der Waals surface area contributed by atoms with E-state index in [1.54, 1.807) is 12.1 Å². The summed E-state index contributed by atoms with van der Waals surface area (Å²) in [5, 5.41) is 7.69. The Hall–Kier alpha value is -3.45. The number of benzene rings is 2. The summed E-state index contributed by atoms with van der Waals surface area (Å²) < 4.78 is 0. The van der Waals surface area contributed by atoms with E-state index in [9.17, 15) is 14.4 Å². The maximum atomic E-state index is 13.6. The largest absolute Gasteiger partial charge is 0.351 e. The zero-order chi connectivity index (χ0) is 23.9. The minimum Gasteiger partial charge on any atom is -0.351 e. The van der Waals surface area contributed by atoms with Gasteiger partial charge in [-0.15, -0.1) is 11.3 Å². The normalized spacial score (nSPS) is 14.4. The molecule has 3 amide bonds. The first-order valence-electron chi connectivity index (χ1n) is 11.6. The third kappa shape index (κ3) is 5.72. The number of anilines is 1. The quantitative estimate of drug-likeness (QED) is 0.499. The molecule has 0 saturated heterocycles. The standard InChI is InChI=1S/C27H29N3O3S/c1-19-13-15-20(16-14-19)25(27(33)29-21-8-5-6-9-21)30(22-10-3-2-4-11-22)24(31)18-28-26(32)23-12-7-17-34-23/h2-4,7,10-17,21,25H,5-6,8-9,18H2,1H3,(H,28,32)(H,29,33). The molecule has 0 bridgehead atoms. The number of hydrogen-bond acceptors (Lipinski definition) is 4. The molecule has 176 valence electrons. The van der Waals surface area contributed by atoms with Crippen molar-refractivity contribution in [3.8, 4) is 0 Å². The predicted octanol–water partition coefficient (Wildman–Crippen LogP) is 4.62. The molecule has 1 aliphatic rings. The minimum absolute atomic E-state index is 0.117. The molecule has 6 nitrogen and oxygen atoms in total. The SMILES string of the molecule is Cc1ccc(C(C(=O)NC2CCCC2)N(C(=O)CNC(=O)c2cccs2)c2ccccc2)cc1. The lowest BCUT2D eigenvalue weighted by molar-refractivity contribution is -0.126. The van der Waals surface area contributed by atoms with E-state index in [0.717, 1.165) is 36.8 Å². The molecule has 2 aromatic carbocycles. The molecule has 0 aliphatic heterocycles. The van der Waals surface area contributed by atoms with E-state index < -0.39 is 6.04 Å². The molecule has 0 radical (unpaired) electrons. The molecule has 3 aromatic rings. The van der Waals surface area contributed by atoms with E-state index >= 15 is 0 Å².